The van der Waals surface area contributed by atoms with E-state index in [2.05, 4.69) is 75.1 Å². The third-order valence-electron chi connectivity index (χ3n) is 8.48. The predicted molar refractivity (Wildman–Crippen MR) is 170 cm³/mol. The van der Waals surface area contributed by atoms with Crippen LogP contribution in [0.1, 0.15) is 24.0 Å². The minimum absolute atomic E-state index is 0.0532. The van der Waals surface area contributed by atoms with Crippen LogP contribution in [-0.2, 0) is 6.54 Å². The summed E-state index contributed by atoms with van der Waals surface area (Å²) in [5, 5.41) is 0.415. The highest BCUT2D eigenvalue weighted by atomic mass is 35.5. The van der Waals surface area contributed by atoms with E-state index in [0.29, 0.717) is 17.4 Å². The second-order valence-corrected chi connectivity index (χ2v) is 11.3. The van der Waals surface area contributed by atoms with Gasteiger partial charge in [-0.05, 0) is 41.0 Å². The number of hydrogen-bond acceptors (Lipinski definition) is 8. The average Bonchev–Trinajstić information content (AvgIpc) is 3.48. The molecule has 6 rings (SSSR count). The first-order chi connectivity index (χ1) is 20.9. The molecule has 1 aromatic heterocycles. The van der Waals surface area contributed by atoms with E-state index in [4.69, 9.17) is 32.5 Å². The van der Waals surface area contributed by atoms with E-state index >= 15 is 0 Å². The minimum atomic E-state index is -0.462. The summed E-state index contributed by atoms with van der Waals surface area (Å²) in [6.45, 7) is 5.15. The van der Waals surface area contributed by atoms with Crippen molar-refractivity contribution in [3.63, 3.8) is 0 Å². The standard InChI is InChI=1S/C33H38ClN7O2/c1-4-40-32(35)27-19-38(17-22-10-13-25(42-2)14-11-22)18-26(23-8-6-5-7-9-23)31(27)41(33(40)36)24-12-15-28(29(16-24)43-3)39-20-30(34)37-21-39/h5-16,20-21,26,32-33H,4,17-19,35-36H2,1-3H3. The maximum atomic E-state index is 7.07. The average molecular weight is 600 g/mol. The predicted octanol–water partition coefficient (Wildman–Crippen LogP) is 4.77. The molecule has 2 aliphatic heterocycles. The molecule has 0 bridgehead atoms. The van der Waals surface area contributed by atoms with Crippen molar-refractivity contribution in [3.05, 3.63) is 113 Å². The minimum Gasteiger partial charge on any atom is -0.497 e. The summed E-state index contributed by atoms with van der Waals surface area (Å²) in [7, 11) is 3.36. The molecule has 43 heavy (non-hydrogen) atoms. The Bertz CT molecular complexity index is 1590. The fraction of sp³-hybridized carbons (Fsp3) is 0.303. The first-order valence-corrected chi connectivity index (χ1v) is 14.9. The number of hydrogen-bond donors (Lipinski definition) is 2. The summed E-state index contributed by atoms with van der Waals surface area (Å²) < 4.78 is 13.1. The molecule has 4 N–H and O–H groups in total. The van der Waals surface area contributed by atoms with Gasteiger partial charge in [0.25, 0.3) is 0 Å². The molecule has 0 fully saturated rings. The summed E-state index contributed by atoms with van der Waals surface area (Å²) in [6, 6.07) is 25.0. The maximum absolute atomic E-state index is 7.07. The van der Waals surface area contributed by atoms with Gasteiger partial charge >= 0.3 is 0 Å². The van der Waals surface area contributed by atoms with Crippen LogP contribution in [0, 0.1) is 0 Å². The number of nitrogens with two attached hydrogens (primary N) is 2. The summed E-state index contributed by atoms with van der Waals surface area (Å²) in [6.07, 6.45) is 2.66. The highest BCUT2D eigenvalue weighted by Crippen LogP contribution is 2.43. The molecule has 3 aromatic carbocycles. The largest absolute Gasteiger partial charge is 0.497 e. The van der Waals surface area contributed by atoms with Crippen molar-refractivity contribution in [3.8, 4) is 17.2 Å². The Kier molecular flexibility index (Phi) is 8.43. The van der Waals surface area contributed by atoms with E-state index in [1.807, 2.05) is 28.8 Å². The number of likely N-dealkylation sites (N-methyl/N-ethyl adjacent to an activating group) is 1. The normalized spacial score (nSPS) is 21.2. The SMILES string of the molecule is CCN1C(N)C2=C(C(c3ccccc3)CN(Cc3ccc(OC)cc3)C2)N(c2ccc(-n3cnc(Cl)c3)c(OC)c2)C1N. The first-order valence-electron chi connectivity index (χ1n) is 14.5. The number of aromatic nitrogens is 2. The summed E-state index contributed by atoms with van der Waals surface area (Å²) >= 11 is 6.12. The van der Waals surface area contributed by atoms with Gasteiger partial charge in [-0.2, -0.15) is 0 Å². The van der Waals surface area contributed by atoms with E-state index in [1.54, 1.807) is 26.7 Å². The molecule has 224 valence electrons. The highest BCUT2D eigenvalue weighted by molar-refractivity contribution is 6.29. The van der Waals surface area contributed by atoms with Crippen LogP contribution in [0.4, 0.5) is 5.69 Å². The van der Waals surface area contributed by atoms with Crippen LogP contribution >= 0.6 is 11.6 Å². The molecule has 4 aromatic rings. The number of rotatable bonds is 8. The van der Waals surface area contributed by atoms with Crippen LogP contribution in [0.3, 0.4) is 0 Å². The molecular formula is C33H38ClN7O2. The molecule has 0 amide bonds. The number of imidazole rings is 1. The zero-order valence-corrected chi connectivity index (χ0v) is 25.5. The molecule has 0 radical (unpaired) electrons. The molecule has 0 aliphatic carbocycles. The highest BCUT2D eigenvalue weighted by Gasteiger charge is 2.43. The zero-order valence-electron chi connectivity index (χ0n) is 24.7. The van der Waals surface area contributed by atoms with Crippen LogP contribution < -0.4 is 25.8 Å². The van der Waals surface area contributed by atoms with E-state index in [-0.39, 0.29) is 12.1 Å². The number of halogens is 1. The number of benzene rings is 3. The number of methoxy groups -OCH3 is 2. The van der Waals surface area contributed by atoms with Crippen molar-refractivity contribution in [2.24, 2.45) is 11.5 Å². The van der Waals surface area contributed by atoms with Gasteiger partial charge in [-0.3, -0.25) is 15.5 Å². The fourth-order valence-corrected chi connectivity index (χ4v) is 6.52. The van der Waals surface area contributed by atoms with E-state index in [0.717, 1.165) is 42.5 Å². The summed E-state index contributed by atoms with van der Waals surface area (Å²) in [4.78, 5) is 11.0. The van der Waals surface area contributed by atoms with Crippen molar-refractivity contribution < 1.29 is 9.47 Å². The van der Waals surface area contributed by atoms with Gasteiger partial charge < -0.3 is 24.7 Å². The Balaban J connectivity index is 1.45. The molecule has 0 saturated carbocycles. The molecular weight excluding hydrogens is 562 g/mol. The zero-order chi connectivity index (χ0) is 30.1. The third kappa shape index (κ3) is 5.62. The molecule has 0 spiro atoms. The molecule has 3 atom stereocenters. The van der Waals surface area contributed by atoms with Crippen LogP contribution in [0.15, 0.2) is 96.6 Å². The van der Waals surface area contributed by atoms with Gasteiger partial charge in [0.05, 0.1) is 26.1 Å². The lowest BCUT2D eigenvalue weighted by Crippen LogP contribution is -2.66. The number of ether oxygens (including phenoxy) is 2. The van der Waals surface area contributed by atoms with E-state index in [9.17, 15) is 0 Å². The van der Waals surface area contributed by atoms with Gasteiger partial charge in [0.1, 0.15) is 29.3 Å². The van der Waals surface area contributed by atoms with Crippen molar-refractivity contribution in [2.75, 3.05) is 38.8 Å². The lowest BCUT2D eigenvalue weighted by atomic mass is 9.85. The second kappa shape index (κ2) is 12.4. The third-order valence-corrected chi connectivity index (χ3v) is 8.67. The maximum Gasteiger partial charge on any atom is 0.147 e. The van der Waals surface area contributed by atoms with Crippen molar-refractivity contribution in [1.82, 2.24) is 19.4 Å². The van der Waals surface area contributed by atoms with Gasteiger partial charge in [0, 0.05) is 55.7 Å². The van der Waals surface area contributed by atoms with Crippen LogP contribution in [0.25, 0.3) is 5.69 Å². The monoisotopic (exact) mass is 599 g/mol. The van der Waals surface area contributed by atoms with Crippen molar-refractivity contribution >= 4 is 17.3 Å². The Hall–Kier alpha value is -3.86. The molecule has 9 nitrogen and oxygen atoms in total. The molecule has 2 aliphatic rings. The van der Waals surface area contributed by atoms with E-state index in [1.165, 1.54) is 16.7 Å². The Morgan fingerprint density at radius 3 is 2.40 bits per heavy atom. The lowest BCUT2D eigenvalue weighted by molar-refractivity contribution is 0.126. The van der Waals surface area contributed by atoms with Gasteiger partial charge in [0.2, 0.25) is 0 Å². The number of anilines is 1. The number of nitrogens with zero attached hydrogens (tertiary/aromatic N) is 5. The Morgan fingerprint density at radius 1 is 0.977 bits per heavy atom. The van der Waals surface area contributed by atoms with Crippen LogP contribution in [0.2, 0.25) is 5.15 Å². The van der Waals surface area contributed by atoms with Gasteiger partial charge in [-0.1, -0.05) is 61.0 Å². The molecule has 10 heteroatoms. The van der Waals surface area contributed by atoms with E-state index < -0.39 is 6.29 Å². The lowest BCUT2D eigenvalue weighted by Gasteiger charge is -2.53. The van der Waals surface area contributed by atoms with Crippen LogP contribution in [-0.4, -0.2) is 65.7 Å². The van der Waals surface area contributed by atoms with Crippen molar-refractivity contribution in [2.45, 2.75) is 31.8 Å². The summed E-state index contributed by atoms with van der Waals surface area (Å²) in [5.41, 5.74) is 20.6. The Morgan fingerprint density at radius 2 is 1.74 bits per heavy atom. The van der Waals surface area contributed by atoms with Crippen LogP contribution in [0.5, 0.6) is 11.5 Å². The molecule has 0 saturated heterocycles. The van der Waals surface area contributed by atoms with Gasteiger partial charge in [0.15, 0.2) is 0 Å². The summed E-state index contributed by atoms with van der Waals surface area (Å²) in [5.74, 6) is 1.59. The molecule has 3 heterocycles. The second-order valence-electron chi connectivity index (χ2n) is 10.9. The first kappa shape index (κ1) is 29.2. The quantitative estimate of drug-likeness (QED) is 0.299. The van der Waals surface area contributed by atoms with Gasteiger partial charge in [-0.25, -0.2) is 4.98 Å². The topological polar surface area (TPSA) is 98.0 Å². The Labute approximate surface area is 257 Å². The fourth-order valence-electron chi connectivity index (χ4n) is 6.37. The van der Waals surface area contributed by atoms with Crippen molar-refractivity contribution in [1.29, 1.82) is 0 Å². The smallest absolute Gasteiger partial charge is 0.147 e. The molecule has 3 unspecified atom stereocenters. The van der Waals surface area contributed by atoms with Gasteiger partial charge in [-0.15, -0.1) is 0 Å².